The molecule has 1 aromatic carbocycles. The van der Waals surface area contributed by atoms with Gasteiger partial charge in [-0.1, -0.05) is 43.6 Å². The molecule has 9 nitrogen and oxygen atoms in total. The fraction of sp³-hybridized carbons (Fsp3) is 0.370. The van der Waals surface area contributed by atoms with Gasteiger partial charge in [0.05, 0.1) is 22.7 Å². The topological polar surface area (TPSA) is 122 Å². The van der Waals surface area contributed by atoms with Crippen molar-refractivity contribution in [1.82, 2.24) is 9.97 Å². The summed E-state index contributed by atoms with van der Waals surface area (Å²) in [4.78, 5) is 22.4. The molecule has 2 aromatic heterocycles. The van der Waals surface area contributed by atoms with Gasteiger partial charge in [0.1, 0.15) is 17.4 Å². The Bertz CT molecular complexity index is 1430. The van der Waals surface area contributed by atoms with Crippen LogP contribution in [0.25, 0.3) is 11.3 Å². The molecule has 1 unspecified atom stereocenters. The third-order valence-corrected chi connectivity index (χ3v) is 7.88. The van der Waals surface area contributed by atoms with Crippen LogP contribution in [0.15, 0.2) is 59.6 Å². The van der Waals surface area contributed by atoms with Crippen molar-refractivity contribution in [3.63, 3.8) is 0 Å². The van der Waals surface area contributed by atoms with Gasteiger partial charge in [-0.15, -0.1) is 0 Å². The quantitative estimate of drug-likeness (QED) is 0.362. The summed E-state index contributed by atoms with van der Waals surface area (Å²) >= 11 is 6.45. The van der Waals surface area contributed by atoms with Crippen molar-refractivity contribution in [2.75, 3.05) is 29.3 Å². The molecule has 3 aromatic rings. The van der Waals surface area contributed by atoms with Crippen molar-refractivity contribution in [1.29, 1.82) is 0 Å². The van der Waals surface area contributed by atoms with Gasteiger partial charge >= 0.3 is 5.97 Å². The Morgan fingerprint density at radius 3 is 2.66 bits per heavy atom. The number of hydrogen-bond acceptors (Lipinski definition) is 7. The first kappa shape index (κ1) is 27.7. The Kier molecular flexibility index (Phi) is 8.13. The van der Waals surface area contributed by atoms with E-state index < -0.39 is 21.4 Å². The number of sulfonamides is 1. The number of nitrogens with one attached hydrogen (secondary N) is 1. The van der Waals surface area contributed by atoms with E-state index in [1.165, 1.54) is 12.1 Å². The lowest BCUT2D eigenvalue weighted by molar-refractivity contribution is -0.148. The second-order valence-electron chi connectivity index (χ2n) is 10.1. The van der Waals surface area contributed by atoms with E-state index in [0.717, 1.165) is 0 Å². The molecule has 1 atom stereocenters. The maximum atomic E-state index is 13.3. The van der Waals surface area contributed by atoms with Crippen molar-refractivity contribution in [3.8, 4) is 17.0 Å². The standard InChI is InChI=1S/C27H31ClN4O5S/c1-18(2)16-37-21-9-5-4-8-19(21)25-20(28)12-13-22(29-25)31-38(35,36)24-11-6-10-23(30-24)32-15-7-14-27(3,17-32)26(33)34/h4-6,8-13,18H,7,14-17H2,1-3H3,(H,29,31)(H,33,34). The first-order valence-corrected chi connectivity index (χ1v) is 14.2. The molecule has 0 radical (unpaired) electrons. The molecule has 1 fully saturated rings. The van der Waals surface area contributed by atoms with Crippen LogP contribution >= 0.6 is 11.6 Å². The average Bonchev–Trinajstić information content (AvgIpc) is 2.89. The number of aliphatic carboxylic acids is 1. The second kappa shape index (κ2) is 11.2. The zero-order valence-electron chi connectivity index (χ0n) is 21.5. The van der Waals surface area contributed by atoms with Crippen molar-refractivity contribution in [2.45, 2.75) is 38.6 Å². The number of carboxylic acids is 1. The van der Waals surface area contributed by atoms with Gasteiger partial charge in [-0.2, -0.15) is 8.42 Å². The van der Waals surface area contributed by atoms with Crippen LogP contribution in [0.5, 0.6) is 5.75 Å². The molecule has 1 aliphatic heterocycles. The molecular weight excluding hydrogens is 528 g/mol. The molecule has 3 heterocycles. The number of rotatable bonds is 9. The Hall–Kier alpha value is -3.37. The summed E-state index contributed by atoms with van der Waals surface area (Å²) in [5.41, 5.74) is 0.103. The van der Waals surface area contributed by atoms with E-state index in [2.05, 4.69) is 14.7 Å². The number of aromatic nitrogens is 2. The van der Waals surface area contributed by atoms with Gasteiger partial charge in [0.25, 0.3) is 10.0 Å². The zero-order valence-corrected chi connectivity index (χ0v) is 23.1. The molecule has 0 bridgehead atoms. The number of piperidine rings is 1. The van der Waals surface area contributed by atoms with Crippen LogP contribution in [0, 0.1) is 11.3 Å². The summed E-state index contributed by atoms with van der Waals surface area (Å²) in [6.07, 6.45) is 1.22. The number of carbonyl (C=O) groups is 1. The maximum absolute atomic E-state index is 13.3. The van der Waals surface area contributed by atoms with E-state index in [0.29, 0.717) is 59.8 Å². The van der Waals surface area contributed by atoms with Crippen LogP contribution in [0.4, 0.5) is 11.6 Å². The van der Waals surface area contributed by atoms with Crippen molar-refractivity contribution in [3.05, 3.63) is 59.6 Å². The molecular formula is C27H31ClN4O5S. The predicted octanol–water partition coefficient (Wildman–Crippen LogP) is 5.32. The van der Waals surface area contributed by atoms with Crippen molar-refractivity contribution >= 4 is 39.2 Å². The van der Waals surface area contributed by atoms with Crippen LogP contribution in [-0.4, -0.2) is 49.2 Å². The Morgan fingerprint density at radius 1 is 1.16 bits per heavy atom. The van der Waals surface area contributed by atoms with E-state index in [-0.39, 0.29) is 17.4 Å². The number of hydrogen-bond donors (Lipinski definition) is 2. The molecule has 1 saturated heterocycles. The minimum atomic E-state index is -4.10. The molecule has 4 rings (SSSR count). The molecule has 1 aliphatic rings. The normalized spacial score (nSPS) is 17.9. The van der Waals surface area contributed by atoms with Gasteiger partial charge in [-0.25, -0.2) is 9.97 Å². The first-order valence-electron chi connectivity index (χ1n) is 12.4. The van der Waals surface area contributed by atoms with Crippen LogP contribution in [0.3, 0.4) is 0 Å². The van der Waals surface area contributed by atoms with Gasteiger partial charge in [0, 0.05) is 18.7 Å². The van der Waals surface area contributed by atoms with Crippen LogP contribution in [0.1, 0.15) is 33.6 Å². The van der Waals surface area contributed by atoms with E-state index in [1.807, 2.05) is 43.0 Å². The van der Waals surface area contributed by atoms with E-state index >= 15 is 0 Å². The van der Waals surface area contributed by atoms with E-state index in [1.54, 1.807) is 25.1 Å². The fourth-order valence-corrected chi connectivity index (χ4v) is 5.43. The molecule has 0 spiro atoms. The maximum Gasteiger partial charge on any atom is 0.311 e. The zero-order chi connectivity index (χ0) is 27.5. The number of ether oxygens (including phenoxy) is 1. The lowest BCUT2D eigenvalue weighted by Crippen LogP contribution is -2.46. The second-order valence-corrected chi connectivity index (χ2v) is 12.1. The Labute approximate surface area is 227 Å². The van der Waals surface area contributed by atoms with Crippen LogP contribution in [0.2, 0.25) is 5.02 Å². The van der Waals surface area contributed by atoms with E-state index in [9.17, 15) is 18.3 Å². The van der Waals surface area contributed by atoms with E-state index in [4.69, 9.17) is 16.3 Å². The summed E-state index contributed by atoms with van der Waals surface area (Å²) in [5.74, 6) is 0.511. The highest BCUT2D eigenvalue weighted by Crippen LogP contribution is 2.35. The SMILES string of the molecule is CC(C)COc1ccccc1-c1nc(NS(=O)(=O)c2cccc(N3CCCC(C)(C(=O)O)C3)n2)ccc1Cl. The Morgan fingerprint density at radius 2 is 1.92 bits per heavy atom. The minimum absolute atomic E-state index is 0.0756. The highest BCUT2D eigenvalue weighted by Gasteiger charge is 2.38. The van der Waals surface area contributed by atoms with Gasteiger partial charge in [0.2, 0.25) is 0 Å². The lowest BCUT2D eigenvalue weighted by Gasteiger charge is -2.38. The summed E-state index contributed by atoms with van der Waals surface area (Å²) in [6, 6.07) is 15.0. The number of halogens is 1. The Balaban J connectivity index is 1.60. The summed E-state index contributed by atoms with van der Waals surface area (Å²) < 4.78 is 35.0. The number of pyridine rings is 2. The number of benzene rings is 1. The molecule has 2 N–H and O–H groups in total. The smallest absolute Gasteiger partial charge is 0.311 e. The highest BCUT2D eigenvalue weighted by molar-refractivity contribution is 7.92. The van der Waals surface area contributed by atoms with Gasteiger partial charge in [0.15, 0.2) is 5.03 Å². The molecule has 0 saturated carbocycles. The predicted molar refractivity (Wildman–Crippen MR) is 147 cm³/mol. The number of para-hydroxylation sites is 1. The van der Waals surface area contributed by atoms with Crippen molar-refractivity contribution in [2.24, 2.45) is 11.3 Å². The van der Waals surface area contributed by atoms with Crippen LogP contribution in [-0.2, 0) is 14.8 Å². The minimum Gasteiger partial charge on any atom is -0.493 e. The number of anilines is 2. The molecule has 11 heteroatoms. The summed E-state index contributed by atoms with van der Waals surface area (Å²) in [7, 11) is -4.10. The van der Waals surface area contributed by atoms with Gasteiger partial charge in [-0.05, 0) is 62.1 Å². The lowest BCUT2D eigenvalue weighted by atomic mass is 9.82. The molecule has 38 heavy (non-hydrogen) atoms. The monoisotopic (exact) mass is 558 g/mol. The summed E-state index contributed by atoms with van der Waals surface area (Å²) in [6.45, 7) is 7.12. The molecule has 0 aliphatic carbocycles. The first-order chi connectivity index (χ1) is 18.0. The van der Waals surface area contributed by atoms with Gasteiger partial charge in [-0.3, -0.25) is 9.52 Å². The molecule has 0 amide bonds. The number of carboxylic acid groups (broad SMARTS) is 1. The molecule has 202 valence electrons. The highest BCUT2D eigenvalue weighted by atomic mass is 35.5. The van der Waals surface area contributed by atoms with Gasteiger partial charge < -0.3 is 14.7 Å². The van der Waals surface area contributed by atoms with Crippen molar-refractivity contribution < 1.29 is 23.1 Å². The van der Waals surface area contributed by atoms with Crippen LogP contribution < -0.4 is 14.4 Å². The third kappa shape index (κ3) is 6.19. The average molecular weight is 559 g/mol. The summed E-state index contributed by atoms with van der Waals surface area (Å²) in [5, 5.41) is 9.78. The largest absolute Gasteiger partial charge is 0.493 e. The fourth-order valence-electron chi connectivity index (χ4n) is 4.26. The number of nitrogens with zero attached hydrogens (tertiary/aromatic N) is 3. The third-order valence-electron chi connectivity index (χ3n) is 6.32.